The van der Waals surface area contributed by atoms with Gasteiger partial charge in [0.1, 0.15) is 0 Å². The van der Waals surface area contributed by atoms with E-state index in [9.17, 15) is 14.9 Å². The first-order chi connectivity index (χ1) is 13.6. The van der Waals surface area contributed by atoms with Crippen molar-refractivity contribution in [2.75, 3.05) is 32.8 Å². The summed E-state index contributed by atoms with van der Waals surface area (Å²) in [6.45, 7) is 3.70. The standard InChI is InChI=1S/C21H23N3O4/c25-21(11-10-18-8-4-5-9-20(18)24(26)27)22-19(17-6-2-1-3-7-17)16-23-12-14-28-15-13-23/h1-11,19H,12-16H2,(H,22,25)/b11-10+. The monoisotopic (exact) mass is 381 g/mol. The molecule has 0 aromatic heterocycles. The van der Waals surface area contributed by atoms with Gasteiger partial charge in [-0.2, -0.15) is 0 Å². The molecule has 1 aliphatic rings. The topological polar surface area (TPSA) is 84.7 Å². The van der Waals surface area contributed by atoms with E-state index in [1.165, 1.54) is 18.2 Å². The lowest BCUT2D eigenvalue weighted by Crippen LogP contribution is -2.42. The van der Waals surface area contributed by atoms with Crippen molar-refractivity contribution in [2.45, 2.75) is 6.04 Å². The SMILES string of the molecule is O=C(/C=C/c1ccccc1[N+](=O)[O-])NC(CN1CCOCC1)c1ccccc1. The van der Waals surface area contributed by atoms with E-state index < -0.39 is 4.92 Å². The Bertz CT molecular complexity index is 833. The van der Waals surface area contributed by atoms with Gasteiger partial charge in [-0.05, 0) is 17.7 Å². The average molecular weight is 381 g/mol. The van der Waals surface area contributed by atoms with Crippen molar-refractivity contribution in [3.05, 3.63) is 81.9 Å². The van der Waals surface area contributed by atoms with Gasteiger partial charge in [-0.15, -0.1) is 0 Å². The summed E-state index contributed by atoms with van der Waals surface area (Å²) in [7, 11) is 0. The molecule has 1 unspecified atom stereocenters. The number of benzene rings is 2. The molecule has 1 heterocycles. The molecule has 0 saturated carbocycles. The van der Waals surface area contributed by atoms with Crippen LogP contribution in [0, 0.1) is 10.1 Å². The molecule has 0 aliphatic carbocycles. The number of ether oxygens (including phenoxy) is 1. The first-order valence-corrected chi connectivity index (χ1v) is 9.20. The lowest BCUT2D eigenvalue weighted by Gasteiger charge is -2.31. The zero-order chi connectivity index (χ0) is 19.8. The van der Waals surface area contributed by atoms with Crippen LogP contribution in [0.5, 0.6) is 0 Å². The molecule has 3 rings (SSSR count). The van der Waals surface area contributed by atoms with Gasteiger partial charge in [0, 0.05) is 31.8 Å². The zero-order valence-electron chi connectivity index (χ0n) is 15.5. The van der Waals surface area contributed by atoms with Crippen molar-refractivity contribution in [3.8, 4) is 0 Å². The molecule has 28 heavy (non-hydrogen) atoms. The van der Waals surface area contributed by atoms with Gasteiger partial charge in [0.25, 0.3) is 5.69 Å². The normalized spacial score (nSPS) is 16.0. The predicted molar refractivity (Wildman–Crippen MR) is 107 cm³/mol. The Kier molecular flexibility index (Phi) is 6.89. The Balaban J connectivity index is 1.71. The van der Waals surface area contributed by atoms with Crippen LogP contribution in [-0.2, 0) is 9.53 Å². The highest BCUT2D eigenvalue weighted by molar-refractivity contribution is 5.92. The van der Waals surface area contributed by atoms with Gasteiger partial charge < -0.3 is 10.1 Å². The van der Waals surface area contributed by atoms with E-state index in [4.69, 9.17) is 4.74 Å². The fraction of sp³-hybridized carbons (Fsp3) is 0.286. The highest BCUT2D eigenvalue weighted by Crippen LogP contribution is 2.19. The number of nitrogens with one attached hydrogen (secondary N) is 1. The minimum atomic E-state index is -0.456. The summed E-state index contributed by atoms with van der Waals surface area (Å²) in [5, 5.41) is 14.1. The number of nitro groups is 1. The third-order valence-corrected chi connectivity index (χ3v) is 4.61. The number of morpholine rings is 1. The summed E-state index contributed by atoms with van der Waals surface area (Å²) < 4.78 is 5.39. The van der Waals surface area contributed by atoms with E-state index in [0.29, 0.717) is 25.3 Å². The second kappa shape index (κ2) is 9.77. The minimum Gasteiger partial charge on any atom is -0.379 e. The maximum Gasteiger partial charge on any atom is 0.276 e. The van der Waals surface area contributed by atoms with Crippen LogP contribution >= 0.6 is 0 Å². The average Bonchev–Trinajstić information content (AvgIpc) is 2.73. The van der Waals surface area contributed by atoms with Crippen molar-refractivity contribution >= 4 is 17.7 Å². The summed E-state index contributed by atoms with van der Waals surface area (Å²) >= 11 is 0. The van der Waals surface area contributed by atoms with Crippen LogP contribution in [0.3, 0.4) is 0 Å². The summed E-state index contributed by atoms with van der Waals surface area (Å²) in [5.74, 6) is -0.291. The van der Waals surface area contributed by atoms with Gasteiger partial charge in [-0.3, -0.25) is 19.8 Å². The molecular weight excluding hydrogens is 358 g/mol. The molecule has 0 radical (unpaired) electrons. The van der Waals surface area contributed by atoms with Crippen molar-refractivity contribution < 1.29 is 14.5 Å². The number of carbonyl (C=O) groups is 1. The van der Waals surface area contributed by atoms with Gasteiger partial charge in [0.05, 0.1) is 29.7 Å². The summed E-state index contributed by atoms with van der Waals surface area (Å²) in [5.41, 5.74) is 1.38. The van der Waals surface area contributed by atoms with Crippen LogP contribution in [0.2, 0.25) is 0 Å². The van der Waals surface area contributed by atoms with Crippen LogP contribution in [0.25, 0.3) is 6.08 Å². The fourth-order valence-electron chi connectivity index (χ4n) is 3.14. The number of hydrogen-bond donors (Lipinski definition) is 1. The molecule has 1 N–H and O–H groups in total. The summed E-state index contributed by atoms with van der Waals surface area (Å²) in [4.78, 5) is 25.4. The van der Waals surface area contributed by atoms with Crippen molar-refractivity contribution in [2.24, 2.45) is 0 Å². The highest BCUT2D eigenvalue weighted by atomic mass is 16.6. The van der Waals surface area contributed by atoms with Crippen LogP contribution in [0.15, 0.2) is 60.7 Å². The lowest BCUT2D eigenvalue weighted by molar-refractivity contribution is -0.385. The van der Waals surface area contributed by atoms with Crippen molar-refractivity contribution in [3.63, 3.8) is 0 Å². The highest BCUT2D eigenvalue weighted by Gasteiger charge is 2.19. The van der Waals surface area contributed by atoms with Gasteiger partial charge in [0.15, 0.2) is 0 Å². The molecule has 2 aromatic rings. The predicted octanol–water partition coefficient (Wildman–Crippen LogP) is 2.80. The molecule has 7 heteroatoms. The maximum absolute atomic E-state index is 12.5. The summed E-state index contributed by atoms with van der Waals surface area (Å²) in [6.07, 6.45) is 2.82. The molecule has 7 nitrogen and oxygen atoms in total. The van der Waals surface area contributed by atoms with Crippen LogP contribution < -0.4 is 5.32 Å². The Morgan fingerprint density at radius 1 is 1.14 bits per heavy atom. The molecule has 146 valence electrons. The third-order valence-electron chi connectivity index (χ3n) is 4.61. The molecule has 0 spiro atoms. The van der Waals surface area contributed by atoms with Crippen molar-refractivity contribution in [1.29, 1.82) is 0 Å². The molecule has 0 bridgehead atoms. The first kappa shape index (κ1) is 19.7. The quantitative estimate of drug-likeness (QED) is 0.453. The largest absolute Gasteiger partial charge is 0.379 e. The Hall–Kier alpha value is -3.03. The molecule has 1 saturated heterocycles. The van der Waals surface area contributed by atoms with E-state index in [1.54, 1.807) is 18.2 Å². The van der Waals surface area contributed by atoms with E-state index in [1.807, 2.05) is 30.3 Å². The van der Waals surface area contributed by atoms with E-state index in [2.05, 4.69) is 10.2 Å². The lowest BCUT2D eigenvalue weighted by atomic mass is 10.1. The van der Waals surface area contributed by atoms with Crippen molar-refractivity contribution in [1.82, 2.24) is 10.2 Å². The van der Waals surface area contributed by atoms with Gasteiger partial charge >= 0.3 is 0 Å². The first-order valence-electron chi connectivity index (χ1n) is 9.20. The number of rotatable bonds is 7. The molecule has 1 fully saturated rings. The fourth-order valence-corrected chi connectivity index (χ4v) is 3.14. The molecular formula is C21H23N3O4. The van der Waals surface area contributed by atoms with Gasteiger partial charge in [0.2, 0.25) is 5.91 Å². The zero-order valence-corrected chi connectivity index (χ0v) is 15.5. The van der Waals surface area contributed by atoms with Gasteiger partial charge in [-0.1, -0.05) is 42.5 Å². The van der Waals surface area contributed by atoms with E-state index in [-0.39, 0.29) is 17.6 Å². The minimum absolute atomic E-state index is 0.0283. The number of nitrogens with zero attached hydrogens (tertiary/aromatic N) is 2. The number of hydrogen-bond acceptors (Lipinski definition) is 5. The van der Waals surface area contributed by atoms with Crippen LogP contribution in [0.1, 0.15) is 17.2 Å². The third kappa shape index (κ3) is 5.48. The number of nitro benzene ring substituents is 1. The Morgan fingerprint density at radius 2 is 1.82 bits per heavy atom. The summed E-state index contributed by atoms with van der Waals surface area (Å²) in [6, 6.07) is 15.9. The molecule has 1 amide bonds. The smallest absolute Gasteiger partial charge is 0.276 e. The maximum atomic E-state index is 12.5. The van der Waals surface area contributed by atoms with Gasteiger partial charge in [-0.25, -0.2) is 0 Å². The molecule has 1 atom stereocenters. The second-order valence-corrected chi connectivity index (χ2v) is 6.53. The van der Waals surface area contributed by atoms with E-state index in [0.717, 1.165) is 18.7 Å². The van der Waals surface area contributed by atoms with Crippen LogP contribution in [0.4, 0.5) is 5.69 Å². The second-order valence-electron chi connectivity index (χ2n) is 6.53. The molecule has 2 aromatic carbocycles. The Labute approximate surface area is 163 Å². The Morgan fingerprint density at radius 3 is 2.54 bits per heavy atom. The van der Waals surface area contributed by atoms with Crippen LogP contribution in [-0.4, -0.2) is 48.6 Å². The number of carbonyl (C=O) groups excluding carboxylic acids is 1. The molecule has 1 aliphatic heterocycles. The van der Waals surface area contributed by atoms with E-state index >= 15 is 0 Å². The number of para-hydroxylation sites is 1. The number of amides is 1.